The van der Waals surface area contributed by atoms with Crippen LogP contribution in [0.3, 0.4) is 0 Å². The first-order chi connectivity index (χ1) is 18.7. The van der Waals surface area contributed by atoms with E-state index in [1.165, 1.54) is 25.2 Å². The summed E-state index contributed by atoms with van der Waals surface area (Å²) in [5, 5.41) is 16.3. The van der Waals surface area contributed by atoms with E-state index in [1.54, 1.807) is 12.3 Å². The smallest absolute Gasteiger partial charge is 0.257 e. The second kappa shape index (κ2) is 10.9. The minimum Gasteiger partial charge on any atom is -0.489 e. The first kappa shape index (κ1) is 24.5. The minimum absolute atomic E-state index is 0.102. The lowest BCUT2D eigenvalue weighted by atomic mass is 9.82. The lowest BCUT2D eigenvalue weighted by Gasteiger charge is -2.37. The minimum atomic E-state index is -0.381. The van der Waals surface area contributed by atoms with Crippen LogP contribution in [-0.2, 0) is 0 Å². The highest BCUT2D eigenvalue weighted by molar-refractivity contribution is 6.09. The molecule has 6 heterocycles. The van der Waals surface area contributed by atoms with E-state index in [1.807, 2.05) is 18.3 Å². The van der Waals surface area contributed by atoms with E-state index >= 15 is 0 Å². The largest absolute Gasteiger partial charge is 0.489 e. The number of ketones is 1. The predicted molar refractivity (Wildman–Crippen MR) is 142 cm³/mol. The zero-order chi connectivity index (χ0) is 25.9. The molecule has 4 N–H and O–H groups in total. The number of anilines is 2. The summed E-state index contributed by atoms with van der Waals surface area (Å²) >= 11 is 0. The summed E-state index contributed by atoms with van der Waals surface area (Å²) in [6.07, 6.45) is 10.7. The molecular formula is C27H32N8O3. The Morgan fingerprint density at radius 2 is 1.89 bits per heavy atom. The van der Waals surface area contributed by atoms with Crippen LogP contribution in [0.1, 0.15) is 58.1 Å². The molecule has 0 aromatic carbocycles. The van der Waals surface area contributed by atoms with Crippen LogP contribution in [0.15, 0.2) is 43.0 Å². The molecule has 0 aliphatic carbocycles. The SMILES string of the molecule is O=C(Nc1cn[nH]c1C(=O)C1CN[C@@H]1c1ccc(N2CCCC2)nc1)c1cncc(OC2CCNCC2)c1. The van der Waals surface area contributed by atoms with Gasteiger partial charge in [0.25, 0.3) is 5.91 Å². The van der Waals surface area contributed by atoms with E-state index in [2.05, 4.69) is 41.0 Å². The number of aromatic nitrogens is 4. The molecule has 38 heavy (non-hydrogen) atoms. The zero-order valence-corrected chi connectivity index (χ0v) is 21.2. The summed E-state index contributed by atoms with van der Waals surface area (Å²) in [5.41, 5.74) is 1.95. The van der Waals surface area contributed by atoms with Crippen LogP contribution in [0.25, 0.3) is 0 Å². The van der Waals surface area contributed by atoms with Gasteiger partial charge < -0.3 is 25.6 Å². The molecule has 0 saturated carbocycles. The number of amides is 1. The number of hydrogen-bond donors (Lipinski definition) is 4. The number of rotatable bonds is 8. The van der Waals surface area contributed by atoms with E-state index < -0.39 is 0 Å². The Kier molecular flexibility index (Phi) is 7.02. The van der Waals surface area contributed by atoms with Crippen LogP contribution >= 0.6 is 0 Å². The molecule has 1 amide bonds. The Bertz CT molecular complexity index is 1280. The summed E-state index contributed by atoms with van der Waals surface area (Å²) < 4.78 is 6.02. The Morgan fingerprint density at radius 1 is 1.05 bits per heavy atom. The average Bonchev–Trinajstić information content (AvgIpc) is 3.62. The van der Waals surface area contributed by atoms with Crippen molar-refractivity contribution in [3.8, 4) is 5.75 Å². The summed E-state index contributed by atoms with van der Waals surface area (Å²) in [7, 11) is 0. The third-order valence-corrected chi connectivity index (χ3v) is 7.55. The van der Waals surface area contributed by atoms with Gasteiger partial charge in [-0.25, -0.2) is 4.98 Å². The lowest BCUT2D eigenvalue weighted by molar-refractivity contribution is 0.0806. The van der Waals surface area contributed by atoms with E-state index in [4.69, 9.17) is 4.74 Å². The van der Waals surface area contributed by atoms with Crippen LogP contribution in [0.5, 0.6) is 5.75 Å². The van der Waals surface area contributed by atoms with E-state index in [9.17, 15) is 9.59 Å². The number of carbonyl (C=O) groups excluding carboxylic acids is 2. The number of hydrogen-bond acceptors (Lipinski definition) is 9. The van der Waals surface area contributed by atoms with Crippen LogP contribution < -0.4 is 25.6 Å². The third kappa shape index (κ3) is 5.11. The number of aromatic amines is 1. The number of piperidine rings is 1. The number of nitrogens with one attached hydrogen (secondary N) is 4. The van der Waals surface area contributed by atoms with Gasteiger partial charge in [-0.15, -0.1) is 0 Å². The highest BCUT2D eigenvalue weighted by atomic mass is 16.5. The van der Waals surface area contributed by atoms with Crippen molar-refractivity contribution in [1.29, 1.82) is 0 Å². The number of pyridine rings is 2. The molecule has 0 bridgehead atoms. The molecule has 11 nitrogen and oxygen atoms in total. The first-order valence-electron chi connectivity index (χ1n) is 13.3. The summed E-state index contributed by atoms with van der Waals surface area (Å²) in [4.78, 5) is 37.5. The standard InChI is InChI=1S/C27H32N8O3/c36-26(21-15-31-24(21)17-3-4-23(30-13-17)35-9-1-2-10-35)25-22(16-32-34-25)33-27(37)18-11-20(14-29-12-18)38-19-5-7-28-8-6-19/h3-4,11-14,16,19,21,24,28,31H,1-2,5-10,15H2,(H,32,34)(H,33,37)/t21?,24-/m1/s1. The Labute approximate surface area is 220 Å². The Balaban J connectivity index is 1.11. The lowest BCUT2D eigenvalue weighted by Crippen LogP contribution is -2.50. The highest BCUT2D eigenvalue weighted by Crippen LogP contribution is 2.33. The Hall–Kier alpha value is -3.83. The van der Waals surface area contributed by atoms with E-state index in [0.717, 1.165) is 50.4 Å². The fraction of sp³-hybridized carbons (Fsp3) is 0.444. The van der Waals surface area contributed by atoms with Crippen molar-refractivity contribution in [2.24, 2.45) is 5.92 Å². The molecule has 3 fully saturated rings. The molecule has 3 aliphatic rings. The summed E-state index contributed by atoms with van der Waals surface area (Å²) in [5.74, 6) is 0.765. The maximum absolute atomic E-state index is 13.4. The third-order valence-electron chi connectivity index (χ3n) is 7.55. The van der Waals surface area contributed by atoms with Crippen LogP contribution in [-0.4, -0.2) is 70.7 Å². The maximum atomic E-state index is 13.4. The van der Waals surface area contributed by atoms with Crippen molar-refractivity contribution in [3.63, 3.8) is 0 Å². The Morgan fingerprint density at radius 3 is 2.63 bits per heavy atom. The quantitative estimate of drug-likeness (QED) is 0.332. The second-order valence-electron chi connectivity index (χ2n) is 10.1. The maximum Gasteiger partial charge on any atom is 0.257 e. The molecule has 3 saturated heterocycles. The number of carbonyl (C=O) groups is 2. The van der Waals surface area contributed by atoms with Gasteiger partial charge in [-0.2, -0.15) is 5.10 Å². The van der Waals surface area contributed by atoms with Crippen LogP contribution in [0.4, 0.5) is 11.5 Å². The molecule has 11 heteroatoms. The van der Waals surface area contributed by atoms with Gasteiger partial charge in [0, 0.05) is 38.1 Å². The van der Waals surface area contributed by atoms with Gasteiger partial charge in [0.05, 0.1) is 29.6 Å². The topological polar surface area (TPSA) is 137 Å². The van der Waals surface area contributed by atoms with Gasteiger partial charge in [0.2, 0.25) is 0 Å². The summed E-state index contributed by atoms with van der Waals surface area (Å²) in [6, 6.07) is 5.61. The first-order valence-corrected chi connectivity index (χ1v) is 13.3. The number of Topliss-reactive ketones (excluding diaryl/α,β-unsaturated/α-hetero) is 1. The molecule has 1 unspecified atom stereocenters. The van der Waals surface area contributed by atoms with Gasteiger partial charge in [0.1, 0.15) is 23.4 Å². The average molecular weight is 517 g/mol. The van der Waals surface area contributed by atoms with Crippen molar-refractivity contribution < 1.29 is 14.3 Å². The van der Waals surface area contributed by atoms with Crippen molar-refractivity contribution >= 4 is 23.2 Å². The molecular weight excluding hydrogens is 484 g/mol. The van der Waals surface area contributed by atoms with Gasteiger partial charge in [-0.3, -0.25) is 19.7 Å². The molecule has 3 aliphatic heterocycles. The fourth-order valence-corrected chi connectivity index (χ4v) is 5.32. The van der Waals surface area contributed by atoms with Gasteiger partial charge in [-0.1, -0.05) is 6.07 Å². The predicted octanol–water partition coefficient (Wildman–Crippen LogP) is 2.33. The van der Waals surface area contributed by atoms with E-state index in [-0.39, 0.29) is 35.4 Å². The molecule has 0 spiro atoms. The molecule has 3 aromatic heterocycles. The van der Waals surface area contributed by atoms with Crippen molar-refractivity contribution in [2.45, 2.75) is 37.8 Å². The van der Waals surface area contributed by atoms with Gasteiger partial charge in [0.15, 0.2) is 5.78 Å². The van der Waals surface area contributed by atoms with Crippen molar-refractivity contribution in [3.05, 3.63) is 59.8 Å². The van der Waals surface area contributed by atoms with Crippen molar-refractivity contribution in [2.75, 3.05) is 42.9 Å². The number of nitrogens with zero attached hydrogens (tertiary/aromatic N) is 4. The normalized spacial score (nSPS) is 21.6. The summed E-state index contributed by atoms with van der Waals surface area (Å²) in [6.45, 7) is 4.44. The highest BCUT2D eigenvalue weighted by Gasteiger charge is 2.39. The molecule has 3 aromatic rings. The van der Waals surface area contributed by atoms with Crippen LogP contribution in [0, 0.1) is 5.92 Å². The van der Waals surface area contributed by atoms with Crippen LogP contribution in [0.2, 0.25) is 0 Å². The zero-order valence-electron chi connectivity index (χ0n) is 21.2. The molecule has 2 atom stereocenters. The fourth-order valence-electron chi connectivity index (χ4n) is 5.32. The molecule has 0 radical (unpaired) electrons. The number of H-pyrrole nitrogens is 1. The van der Waals surface area contributed by atoms with Crippen molar-refractivity contribution in [1.82, 2.24) is 30.8 Å². The second-order valence-corrected chi connectivity index (χ2v) is 10.1. The van der Waals surface area contributed by atoms with Gasteiger partial charge >= 0.3 is 0 Å². The number of ether oxygens (including phenoxy) is 1. The van der Waals surface area contributed by atoms with E-state index in [0.29, 0.717) is 23.5 Å². The monoisotopic (exact) mass is 516 g/mol. The molecule has 198 valence electrons. The van der Waals surface area contributed by atoms with Gasteiger partial charge in [-0.05, 0) is 56.5 Å². The molecule has 6 rings (SSSR count).